The fourth-order valence-corrected chi connectivity index (χ4v) is 1.26. The van der Waals surface area contributed by atoms with Gasteiger partial charge in [-0.25, -0.2) is 4.39 Å². The highest BCUT2D eigenvalue weighted by molar-refractivity contribution is 5.82. The molecule has 0 bridgehead atoms. The number of aryl methyl sites for hydroxylation is 1. The van der Waals surface area contributed by atoms with E-state index in [0.29, 0.717) is 5.39 Å². The number of fused-ring (bicyclic) bond motifs is 1. The molecule has 0 aliphatic carbocycles. The summed E-state index contributed by atoms with van der Waals surface area (Å²) in [7, 11) is 0. The van der Waals surface area contributed by atoms with Gasteiger partial charge in [0.05, 0.1) is 6.20 Å². The van der Waals surface area contributed by atoms with Gasteiger partial charge in [-0.1, -0.05) is 17.7 Å². The highest BCUT2D eigenvalue weighted by atomic mass is 19.1. The highest BCUT2D eigenvalue weighted by Crippen LogP contribution is 2.16. The van der Waals surface area contributed by atoms with Gasteiger partial charge in [0.25, 0.3) is 0 Å². The van der Waals surface area contributed by atoms with Crippen LogP contribution in [0, 0.1) is 12.7 Å². The van der Waals surface area contributed by atoms with E-state index in [4.69, 9.17) is 0 Å². The molecule has 0 fully saturated rings. The fourth-order valence-electron chi connectivity index (χ4n) is 1.26. The highest BCUT2D eigenvalue weighted by Gasteiger charge is 1.98. The summed E-state index contributed by atoms with van der Waals surface area (Å²) in [6.45, 7) is 1.98. The third-order valence-corrected chi connectivity index (χ3v) is 1.87. The van der Waals surface area contributed by atoms with Crippen molar-refractivity contribution >= 4 is 10.8 Å². The number of rotatable bonds is 0. The lowest BCUT2D eigenvalue weighted by Crippen LogP contribution is -1.82. The van der Waals surface area contributed by atoms with Gasteiger partial charge in [-0.3, -0.25) is 4.98 Å². The van der Waals surface area contributed by atoms with Crippen LogP contribution in [0.25, 0.3) is 10.8 Å². The molecule has 12 heavy (non-hydrogen) atoms. The van der Waals surface area contributed by atoms with Gasteiger partial charge < -0.3 is 0 Å². The van der Waals surface area contributed by atoms with Crippen LogP contribution in [0.2, 0.25) is 0 Å². The van der Waals surface area contributed by atoms with Crippen LogP contribution in [0.3, 0.4) is 0 Å². The van der Waals surface area contributed by atoms with Crippen LogP contribution in [0.5, 0.6) is 0 Å². The second-order valence-electron chi connectivity index (χ2n) is 2.85. The fraction of sp³-hybridized carbons (Fsp3) is 0.100. The number of benzene rings is 1. The number of aromatic nitrogens is 1. The molecule has 1 aromatic heterocycles. The molecular formula is C10H8FN. The average Bonchev–Trinajstić information content (AvgIpc) is 2.04. The van der Waals surface area contributed by atoms with Crippen molar-refractivity contribution in [2.45, 2.75) is 6.92 Å². The molecule has 0 radical (unpaired) electrons. The van der Waals surface area contributed by atoms with E-state index in [9.17, 15) is 4.39 Å². The molecule has 60 valence electrons. The minimum atomic E-state index is -0.257. The first-order valence-electron chi connectivity index (χ1n) is 3.77. The van der Waals surface area contributed by atoms with Gasteiger partial charge in [0.2, 0.25) is 0 Å². The van der Waals surface area contributed by atoms with Crippen molar-refractivity contribution in [3.8, 4) is 0 Å². The molecule has 0 N–H and O–H groups in total. The van der Waals surface area contributed by atoms with Crippen molar-refractivity contribution in [2.75, 3.05) is 0 Å². The SMILES string of the molecule is Cc1ccc2c(F)cncc2c1. The third kappa shape index (κ3) is 1.05. The van der Waals surface area contributed by atoms with Crippen LogP contribution < -0.4 is 0 Å². The van der Waals surface area contributed by atoms with Gasteiger partial charge in [-0.15, -0.1) is 0 Å². The molecule has 1 heterocycles. The van der Waals surface area contributed by atoms with Gasteiger partial charge in [-0.2, -0.15) is 0 Å². The smallest absolute Gasteiger partial charge is 0.149 e. The van der Waals surface area contributed by atoms with Crippen molar-refractivity contribution in [3.63, 3.8) is 0 Å². The van der Waals surface area contributed by atoms with Gasteiger partial charge in [0.1, 0.15) is 5.82 Å². The first-order valence-corrected chi connectivity index (χ1v) is 3.77. The Labute approximate surface area is 69.9 Å². The summed E-state index contributed by atoms with van der Waals surface area (Å²) >= 11 is 0. The lowest BCUT2D eigenvalue weighted by molar-refractivity contribution is 0.634. The molecular weight excluding hydrogens is 153 g/mol. The van der Waals surface area contributed by atoms with E-state index >= 15 is 0 Å². The van der Waals surface area contributed by atoms with Crippen LogP contribution in [-0.4, -0.2) is 4.98 Å². The Morgan fingerprint density at radius 1 is 1.25 bits per heavy atom. The molecule has 0 saturated heterocycles. The molecule has 2 heteroatoms. The molecule has 0 spiro atoms. The predicted octanol–water partition coefficient (Wildman–Crippen LogP) is 2.68. The normalized spacial score (nSPS) is 10.5. The number of pyridine rings is 1. The van der Waals surface area contributed by atoms with Gasteiger partial charge in [-0.05, 0) is 13.0 Å². The first-order chi connectivity index (χ1) is 5.77. The topological polar surface area (TPSA) is 12.9 Å². The monoisotopic (exact) mass is 161 g/mol. The van der Waals surface area contributed by atoms with Crippen molar-refractivity contribution in [2.24, 2.45) is 0 Å². The van der Waals surface area contributed by atoms with E-state index in [1.165, 1.54) is 6.20 Å². The molecule has 0 amide bonds. The molecule has 2 rings (SSSR count). The Hall–Kier alpha value is -1.44. The molecule has 0 saturated carbocycles. The Bertz CT molecular complexity index is 423. The Morgan fingerprint density at radius 3 is 2.92 bits per heavy atom. The van der Waals surface area contributed by atoms with Crippen LogP contribution in [0.1, 0.15) is 5.56 Å². The maximum absolute atomic E-state index is 13.1. The number of hydrogen-bond acceptors (Lipinski definition) is 1. The van der Waals surface area contributed by atoms with E-state index in [1.807, 2.05) is 19.1 Å². The van der Waals surface area contributed by atoms with Crippen LogP contribution >= 0.6 is 0 Å². The number of halogens is 1. The number of nitrogens with zero attached hydrogens (tertiary/aromatic N) is 1. The molecule has 1 aromatic carbocycles. The van der Waals surface area contributed by atoms with Crippen LogP contribution in [0.4, 0.5) is 4.39 Å². The Balaban J connectivity index is 2.86. The van der Waals surface area contributed by atoms with Gasteiger partial charge in [0.15, 0.2) is 0 Å². The van der Waals surface area contributed by atoms with E-state index < -0.39 is 0 Å². The zero-order valence-electron chi connectivity index (χ0n) is 6.71. The van der Waals surface area contributed by atoms with E-state index in [0.717, 1.165) is 10.9 Å². The number of hydrogen-bond donors (Lipinski definition) is 0. The molecule has 0 atom stereocenters. The summed E-state index contributed by atoms with van der Waals surface area (Å²) < 4.78 is 13.1. The summed E-state index contributed by atoms with van der Waals surface area (Å²) in [6, 6.07) is 5.60. The van der Waals surface area contributed by atoms with E-state index in [1.54, 1.807) is 12.3 Å². The summed E-state index contributed by atoms with van der Waals surface area (Å²) in [4.78, 5) is 3.78. The minimum Gasteiger partial charge on any atom is -0.261 e. The molecule has 0 aliphatic heterocycles. The van der Waals surface area contributed by atoms with Crippen LogP contribution in [0.15, 0.2) is 30.6 Å². The summed E-state index contributed by atoms with van der Waals surface area (Å²) in [5, 5.41) is 1.49. The maximum atomic E-state index is 13.1. The quantitative estimate of drug-likeness (QED) is 0.578. The third-order valence-electron chi connectivity index (χ3n) is 1.87. The van der Waals surface area contributed by atoms with Gasteiger partial charge in [0, 0.05) is 17.0 Å². The van der Waals surface area contributed by atoms with E-state index in [2.05, 4.69) is 4.98 Å². The van der Waals surface area contributed by atoms with Crippen LogP contribution in [-0.2, 0) is 0 Å². The average molecular weight is 161 g/mol. The molecule has 2 aromatic rings. The van der Waals surface area contributed by atoms with Crippen molar-refractivity contribution in [1.82, 2.24) is 4.98 Å². The second-order valence-corrected chi connectivity index (χ2v) is 2.85. The van der Waals surface area contributed by atoms with Crippen molar-refractivity contribution < 1.29 is 4.39 Å². The van der Waals surface area contributed by atoms with Gasteiger partial charge >= 0.3 is 0 Å². The Kier molecular flexibility index (Phi) is 1.54. The summed E-state index contributed by atoms with van der Waals surface area (Å²) in [5.41, 5.74) is 1.12. The van der Waals surface area contributed by atoms with Crippen molar-refractivity contribution in [3.05, 3.63) is 42.0 Å². The van der Waals surface area contributed by atoms with E-state index in [-0.39, 0.29) is 5.82 Å². The zero-order chi connectivity index (χ0) is 8.55. The first kappa shape index (κ1) is 7.22. The second kappa shape index (κ2) is 2.55. The lowest BCUT2D eigenvalue weighted by Gasteiger charge is -1.98. The molecule has 0 unspecified atom stereocenters. The standard InChI is InChI=1S/C10H8FN/c1-7-2-3-9-8(4-7)5-12-6-10(9)11/h2-6H,1H3. The van der Waals surface area contributed by atoms with Crippen molar-refractivity contribution in [1.29, 1.82) is 0 Å². The zero-order valence-corrected chi connectivity index (χ0v) is 6.71. The summed E-state index contributed by atoms with van der Waals surface area (Å²) in [6.07, 6.45) is 2.91. The minimum absolute atomic E-state index is 0.257. The predicted molar refractivity (Wildman–Crippen MR) is 46.4 cm³/mol. The maximum Gasteiger partial charge on any atom is 0.149 e. The summed E-state index contributed by atoms with van der Waals surface area (Å²) in [5.74, 6) is -0.257. The largest absolute Gasteiger partial charge is 0.261 e. The lowest BCUT2D eigenvalue weighted by atomic mass is 10.1. The molecule has 1 nitrogen and oxygen atoms in total. The molecule has 0 aliphatic rings. The Morgan fingerprint density at radius 2 is 2.08 bits per heavy atom.